The Morgan fingerprint density at radius 3 is 2.28 bits per heavy atom. The standard InChI is InChI=1S/C18H16BrCl2NO3/c1-2-25-18(24)15(10-11-6-8-12(19)9-7-11)22-17(23)16-13(20)4-3-5-14(16)21/h3-9,15H,2,10H2,1H3,(H,22,23). The average Bonchev–Trinajstić information content (AvgIpc) is 2.56. The Balaban J connectivity index is 2.22. The minimum atomic E-state index is -0.846. The molecule has 0 aromatic heterocycles. The molecule has 0 bridgehead atoms. The van der Waals surface area contributed by atoms with Crippen molar-refractivity contribution >= 4 is 51.0 Å². The molecule has 0 spiro atoms. The van der Waals surface area contributed by atoms with Crippen LogP contribution in [0.5, 0.6) is 0 Å². The fourth-order valence-electron chi connectivity index (χ4n) is 2.24. The summed E-state index contributed by atoms with van der Waals surface area (Å²) in [7, 11) is 0. The third-order valence-electron chi connectivity index (χ3n) is 3.42. The lowest BCUT2D eigenvalue weighted by atomic mass is 10.1. The van der Waals surface area contributed by atoms with Gasteiger partial charge < -0.3 is 10.1 Å². The molecule has 0 saturated carbocycles. The van der Waals surface area contributed by atoms with Gasteiger partial charge in [0, 0.05) is 10.9 Å². The van der Waals surface area contributed by atoms with Crippen LogP contribution in [-0.4, -0.2) is 24.5 Å². The zero-order valence-corrected chi connectivity index (χ0v) is 16.5. The highest BCUT2D eigenvalue weighted by atomic mass is 79.9. The first kappa shape index (κ1) is 19.8. The van der Waals surface area contributed by atoms with Crippen molar-refractivity contribution in [2.75, 3.05) is 6.61 Å². The van der Waals surface area contributed by atoms with Crippen LogP contribution in [0.1, 0.15) is 22.8 Å². The molecule has 0 aliphatic rings. The fraction of sp³-hybridized carbons (Fsp3) is 0.222. The fourth-order valence-corrected chi connectivity index (χ4v) is 3.07. The van der Waals surface area contributed by atoms with Crippen molar-refractivity contribution in [1.29, 1.82) is 0 Å². The Morgan fingerprint density at radius 1 is 1.12 bits per heavy atom. The second kappa shape index (κ2) is 9.22. The lowest BCUT2D eigenvalue weighted by molar-refractivity contribution is -0.145. The molecule has 1 atom stereocenters. The lowest BCUT2D eigenvalue weighted by Gasteiger charge is -2.18. The predicted molar refractivity (Wildman–Crippen MR) is 102 cm³/mol. The van der Waals surface area contributed by atoms with Crippen molar-refractivity contribution in [3.05, 3.63) is 68.1 Å². The molecular weight excluding hydrogens is 429 g/mol. The highest BCUT2D eigenvalue weighted by Gasteiger charge is 2.25. The summed E-state index contributed by atoms with van der Waals surface area (Å²) < 4.78 is 5.99. The van der Waals surface area contributed by atoms with Gasteiger partial charge in [-0.1, -0.05) is 57.3 Å². The van der Waals surface area contributed by atoms with Crippen LogP contribution >= 0.6 is 39.1 Å². The Morgan fingerprint density at radius 2 is 1.72 bits per heavy atom. The number of hydrogen-bond donors (Lipinski definition) is 1. The summed E-state index contributed by atoms with van der Waals surface area (Å²) in [5.74, 6) is -1.03. The van der Waals surface area contributed by atoms with Gasteiger partial charge in [-0.2, -0.15) is 0 Å². The van der Waals surface area contributed by atoms with Crippen LogP contribution in [0.4, 0.5) is 0 Å². The van der Waals surface area contributed by atoms with E-state index in [9.17, 15) is 9.59 Å². The van der Waals surface area contributed by atoms with Crippen LogP contribution in [-0.2, 0) is 16.0 Å². The van der Waals surface area contributed by atoms with Gasteiger partial charge in [-0.15, -0.1) is 0 Å². The van der Waals surface area contributed by atoms with Crippen LogP contribution in [0.2, 0.25) is 10.0 Å². The van der Waals surface area contributed by atoms with Crippen molar-refractivity contribution in [1.82, 2.24) is 5.32 Å². The number of benzene rings is 2. The quantitative estimate of drug-likeness (QED) is 0.659. The molecule has 1 amide bonds. The van der Waals surface area contributed by atoms with Gasteiger partial charge in [0.25, 0.3) is 5.91 Å². The summed E-state index contributed by atoms with van der Waals surface area (Å²) in [6, 6.07) is 11.4. The molecule has 0 heterocycles. The average molecular weight is 445 g/mol. The lowest BCUT2D eigenvalue weighted by Crippen LogP contribution is -2.43. The molecule has 0 aliphatic heterocycles. The monoisotopic (exact) mass is 443 g/mol. The summed E-state index contributed by atoms with van der Waals surface area (Å²) >= 11 is 15.5. The largest absolute Gasteiger partial charge is 0.464 e. The smallest absolute Gasteiger partial charge is 0.328 e. The van der Waals surface area contributed by atoms with E-state index in [-0.39, 0.29) is 22.2 Å². The molecule has 132 valence electrons. The molecule has 7 heteroatoms. The summed E-state index contributed by atoms with van der Waals surface area (Å²) in [5.41, 5.74) is 1.02. The molecule has 0 fully saturated rings. The van der Waals surface area contributed by atoms with E-state index in [2.05, 4.69) is 21.2 Å². The maximum Gasteiger partial charge on any atom is 0.328 e. The van der Waals surface area contributed by atoms with E-state index in [1.165, 1.54) is 0 Å². The third-order valence-corrected chi connectivity index (χ3v) is 4.58. The molecule has 1 unspecified atom stereocenters. The Bertz CT molecular complexity index is 745. The van der Waals surface area contributed by atoms with Gasteiger partial charge in [0.15, 0.2) is 0 Å². The Hall–Kier alpha value is -1.56. The number of halogens is 3. The van der Waals surface area contributed by atoms with E-state index in [0.29, 0.717) is 6.42 Å². The maximum atomic E-state index is 12.6. The van der Waals surface area contributed by atoms with E-state index in [0.717, 1.165) is 10.0 Å². The molecule has 0 aliphatic carbocycles. The van der Waals surface area contributed by atoms with Gasteiger partial charge in [-0.25, -0.2) is 4.79 Å². The Kier molecular flexibility index (Phi) is 7.29. The number of esters is 1. The highest BCUT2D eigenvalue weighted by Crippen LogP contribution is 2.24. The normalized spacial score (nSPS) is 11.7. The van der Waals surface area contributed by atoms with Gasteiger partial charge in [0.05, 0.1) is 22.2 Å². The van der Waals surface area contributed by atoms with Crippen LogP contribution in [0, 0.1) is 0 Å². The maximum absolute atomic E-state index is 12.6. The van der Waals surface area contributed by atoms with Crippen LogP contribution in [0.25, 0.3) is 0 Å². The summed E-state index contributed by atoms with van der Waals surface area (Å²) in [6.07, 6.45) is 0.292. The second-order valence-corrected chi connectivity index (χ2v) is 6.94. The van der Waals surface area contributed by atoms with E-state index < -0.39 is 17.9 Å². The zero-order chi connectivity index (χ0) is 18.4. The molecule has 4 nitrogen and oxygen atoms in total. The molecule has 2 rings (SSSR count). The van der Waals surface area contributed by atoms with Crippen LogP contribution < -0.4 is 5.32 Å². The first-order chi connectivity index (χ1) is 11.9. The zero-order valence-electron chi connectivity index (χ0n) is 13.4. The first-order valence-electron chi connectivity index (χ1n) is 7.58. The van der Waals surface area contributed by atoms with Crippen molar-refractivity contribution in [2.24, 2.45) is 0 Å². The highest BCUT2D eigenvalue weighted by molar-refractivity contribution is 9.10. The number of rotatable bonds is 6. The van der Waals surface area contributed by atoms with Gasteiger partial charge in [-0.05, 0) is 36.8 Å². The van der Waals surface area contributed by atoms with Crippen molar-refractivity contribution in [2.45, 2.75) is 19.4 Å². The molecule has 2 aromatic rings. The van der Waals surface area contributed by atoms with Crippen molar-refractivity contribution in [3.8, 4) is 0 Å². The summed E-state index contributed by atoms with van der Waals surface area (Å²) in [5, 5.41) is 3.11. The molecular formula is C18H16BrCl2NO3. The topological polar surface area (TPSA) is 55.4 Å². The number of hydrogen-bond acceptors (Lipinski definition) is 3. The van der Waals surface area contributed by atoms with Gasteiger partial charge in [0.1, 0.15) is 6.04 Å². The van der Waals surface area contributed by atoms with Crippen LogP contribution in [0.15, 0.2) is 46.9 Å². The van der Waals surface area contributed by atoms with Gasteiger partial charge >= 0.3 is 5.97 Å². The van der Waals surface area contributed by atoms with Crippen LogP contribution in [0.3, 0.4) is 0 Å². The van der Waals surface area contributed by atoms with Gasteiger partial charge in [0.2, 0.25) is 0 Å². The second-order valence-electron chi connectivity index (χ2n) is 5.21. The molecule has 2 aromatic carbocycles. The van der Waals surface area contributed by atoms with Crippen molar-refractivity contribution < 1.29 is 14.3 Å². The Labute approximate surface area is 164 Å². The summed E-state index contributed by atoms with van der Waals surface area (Å²) in [4.78, 5) is 24.8. The third kappa shape index (κ3) is 5.46. The minimum Gasteiger partial charge on any atom is -0.464 e. The number of carbonyl (C=O) groups excluding carboxylic acids is 2. The summed E-state index contributed by atoms with van der Waals surface area (Å²) in [6.45, 7) is 1.93. The van der Waals surface area contributed by atoms with E-state index in [1.54, 1.807) is 25.1 Å². The van der Waals surface area contributed by atoms with Gasteiger partial charge in [-0.3, -0.25) is 4.79 Å². The molecule has 1 N–H and O–H groups in total. The number of ether oxygens (including phenoxy) is 1. The SMILES string of the molecule is CCOC(=O)C(Cc1ccc(Br)cc1)NC(=O)c1c(Cl)cccc1Cl. The van der Waals surface area contributed by atoms with E-state index in [1.807, 2.05) is 24.3 Å². The van der Waals surface area contributed by atoms with Crippen molar-refractivity contribution in [3.63, 3.8) is 0 Å². The predicted octanol–water partition coefficient (Wildman–Crippen LogP) is 4.66. The molecule has 0 saturated heterocycles. The molecule has 25 heavy (non-hydrogen) atoms. The minimum absolute atomic E-state index is 0.135. The van der Waals surface area contributed by atoms with E-state index in [4.69, 9.17) is 27.9 Å². The molecule has 0 radical (unpaired) electrons. The number of carbonyl (C=O) groups is 2. The first-order valence-corrected chi connectivity index (χ1v) is 9.13. The number of nitrogens with one attached hydrogen (secondary N) is 1. The van der Waals surface area contributed by atoms with E-state index >= 15 is 0 Å². The number of amides is 1.